The summed E-state index contributed by atoms with van der Waals surface area (Å²) in [5.41, 5.74) is 10.9. The van der Waals surface area contributed by atoms with Gasteiger partial charge in [0.2, 0.25) is 0 Å². The molecule has 0 radical (unpaired) electrons. The maximum absolute atomic E-state index is 5.69. The minimum atomic E-state index is 0.603. The second-order valence-electron chi connectivity index (χ2n) is 5.09. The molecule has 0 aromatic heterocycles. The normalized spacial score (nSPS) is 13.7. The number of ether oxygens (including phenoxy) is 1. The number of aryl methyl sites for hydroxylation is 1. The molecule has 2 nitrogen and oxygen atoms in total. The molecule has 19 heavy (non-hydrogen) atoms. The maximum Gasteiger partial charge on any atom is 0.122 e. The summed E-state index contributed by atoms with van der Waals surface area (Å²) < 4.78 is 5.65. The fourth-order valence-electron chi connectivity index (χ4n) is 2.63. The van der Waals surface area contributed by atoms with Gasteiger partial charge in [0, 0.05) is 6.54 Å². The highest BCUT2D eigenvalue weighted by molar-refractivity contribution is 5.40. The van der Waals surface area contributed by atoms with Crippen molar-refractivity contribution in [3.05, 3.63) is 64.7 Å². The Morgan fingerprint density at radius 2 is 1.84 bits per heavy atom. The third-order valence-electron chi connectivity index (χ3n) is 3.61. The van der Waals surface area contributed by atoms with Crippen LogP contribution in [-0.4, -0.2) is 6.61 Å². The highest BCUT2D eigenvalue weighted by atomic mass is 16.5. The van der Waals surface area contributed by atoms with Gasteiger partial charge in [-0.25, -0.2) is 0 Å². The van der Waals surface area contributed by atoms with Gasteiger partial charge in [-0.3, -0.25) is 0 Å². The van der Waals surface area contributed by atoms with E-state index in [1.807, 2.05) is 0 Å². The Morgan fingerprint density at radius 1 is 1.00 bits per heavy atom. The molecule has 3 rings (SSSR count). The fraction of sp³-hybridized carbons (Fsp3) is 0.294. The predicted octanol–water partition coefficient (Wildman–Crippen LogP) is 3.06. The van der Waals surface area contributed by atoms with Crippen LogP contribution < -0.4 is 10.5 Å². The molecule has 0 saturated carbocycles. The minimum Gasteiger partial charge on any atom is -0.493 e. The largest absolute Gasteiger partial charge is 0.493 e. The van der Waals surface area contributed by atoms with Crippen molar-refractivity contribution in [1.82, 2.24) is 0 Å². The summed E-state index contributed by atoms with van der Waals surface area (Å²) in [6.45, 7) is 1.46. The Labute approximate surface area is 114 Å². The van der Waals surface area contributed by atoms with E-state index in [0.29, 0.717) is 6.54 Å². The first kappa shape index (κ1) is 12.2. The summed E-state index contributed by atoms with van der Waals surface area (Å²) in [6, 6.07) is 15.1. The Kier molecular flexibility index (Phi) is 3.51. The van der Waals surface area contributed by atoms with Crippen molar-refractivity contribution in [3.63, 3.8) is 0 Å². The molecule has 2 heteroatoms. The van der Waals surface area contributed by atoms with Crippen LogP contribution in [0.4, 0.5) is 0 Å². The molecule has 0 amide bonds. The van der Waals surface area contributed by atoms with Crippen molar-refractivity contribution in [1.29, 1.82) is 0 Å². The third-order valence-corrected chi connectivity index (χ3v) is 3.61. The molecule has 0 spiro atoms. The van der Waals surface area contributed by atoms with Crippen LogP contribution >= 0.6 is 0 Å². The van der Waals surface area contributed by atoms with Gasteiger partial charge in [-0.1, -0.05) is 36.4 Å². The highest BCUT2D eigenvalue weighted by Gasteiger charge is 2.10. The molecule has 0 saturated heterocycles. The molecule has 2 aromatic carbocycles. The molecule has 1 aliphatic heterocycles. The summed E-state index contributed by atoms with van der Waals surface area (Å²) in [7, 11) is 0. The van der Waals surface area contributed by atoms with Crippen LogP contribution in [0.2, 0.25) is 0 Å². The zero-order valence-electron chi connectivity index (χ0n) is 11.1. The van der Waals surface area contributed by atoms with Crippen LogP contribution in [0, 0.1) is 0 Å². The monoisotopic (exact) mass is 253 g/mol. The van der Waals surface area contributed by atoms with Crippen molar-refractivity contribution < 1.29 is 4.74 Å². The first-order valence-electron chi connectivity index (χ1n) is 6.87. The first-order chi connectivity index (χ1) is 9.35. The van der Waals surface area contributed by atoms with Gasteiger partial charge < -0.3 is 10.5 Å². The van der Waals surface area contributed by atoms with E-state index >= 15 is 0 Å². The quantitative estimate of drug-likeness (QED) is 0.912. The van der Waals surface area contributed by atoms with E-state index in [4.69, 9.17) is 10.5 Å². The number of hydrogen-bond donors (Lipinski definition) is 1. The second kappa shape index (κ2) is 5.45. The SMILES string of the molecule is NCc1cccc(Cc2ccc3c(c2)CCCO3)c1. The number of hydrogen-bond acceptors (Lipinski definition) is 2. The van der Waals surface area contributed by atoms with E-state index in [0.717, 1.165) is 31.6 Å². The zero-order valence-corrected chi connectivity index (χ0v) is 11.1. The number of rotatable bonds is 3. The second-order valence-corrected chi connectivity index (χ2v) is 5.09. The van der Waals surface area contributed by atoms with E-state index in [9.17, 15) is 0 Å². The number of benzene rings is 2. The third kappa shape index (κ3) is 2.79. The minimum absolute atomic E-state index is 0.603. The van der Waals surface area contributed by atoms with Gasteiger partial charge in [0.05, 0.1) is 6.61 Å². The van der Waals surface area contributed by atoms with Crippen LogP contribution in [0.3, 0.4) is 0 Å². The molecule has 1 aliphatic rings. The standard InChI is InChI=1S/C17H19NO/c18-12-15-4-1-3-13(10-15)9-14-6-7-17-16(11-14)5-2-8-19-17/h1,3-4,6-7,10-11H,2,5,8-9,12,18H2. The summed E-state index contributed by atoms with van der Waals surface area (Å²) in [6.07, 6.45) is 3.21. The van der Waals surface area contributed by atoms with Crippen LogP contribution in [0.25, 0.3) is 0 Å². The molecule has 2 N–H and O–H groups in total. The Bertz CT molecular complexity index is 577. The summed E-state index contributed by atoms with van der Waals surface area (Å²) in [5.74, 6) is 1.06. The highest BCUT2D eigenvalue weighted by Crippen LogP contribution is 2.26. The lowest BCUT2D eigenvalue weighted by Gasteiger charge is -2.18. The fourth-order valence-corrected chi connectivity index (χ4v) is 2.63. The van der Waals surface area contributed by atoms with Crippen molar-refractivity contribution in [2.24, 2.45) is 5.73 Å². The Balaban J connectivity index is 1.82. The van der Waals surface area contributed by atoms with Gasteiger partial charge in [-0.2, -0.15) is 0 Å². The van der Waals surface area contributed by atoms with Gasteiger partial charge in [0.25, 0.3) is 0 Å². The molecular formula is C17H19NO. The average Bonchev–Trinajstić information content (AvgIpc) is 2.47. The van der Waals surface area contributed by atoms with E-state index in [-0.39, 0.29) is 0 Å². The molecule has 1 heterocycles. The van der Waals surface area contributed by atoms with Crippen molar-refractivity contribution in [2.45, 2.75) is 25.8 Å². The Hall–Kier alpha value is -1.80. The lowest BCUT2D eigenvalue weighted by molar-refractivity contribution is 0.288. The summed E-state index contributed by atoms with van der Waals surface area (Å²) in [4.78, 5) is 0. The van der Waals surface area contributed by atoms with Gasteiger partial charge in [0.1, 0.15) is 5.75 Å². The molecule has 0 unspecified atom stereocenters. The number of nitrogens with two attached hydrogens (primary N) is 1. The van der Waals surface area contributed by atoms with Crippen molar-refractivity contribution in [3.8, 4) is 5.75 Å². The van der Waals surface area contributed by atoms with Gasteiger partial charge in [0.15, 0.2) is 0 Å². The maximum atomic E-state index is 5.69. The van der Waals surface area contributed by atoms with Gasteiger partial charge in [-0.05, 0) is 47.6 Å². The smallest absolute Gasteiger partial charge is 0.122 e. The van der Waals surface area contributed by atoms with Crippen LogP contribution in [-0.2, 0) is 19.4 Å². The number of fused-ring (bicyclic) bond motifs is 1. The molecule has 0 atom stereocenters. The molecule has 0 aliphatic carbocycles. The van der Waals surface area contributed by atoms with Crippen LogP contribution in [0.15, 0.2) is 42.5 Å². The van der Waals surface area contributed by atoms with Crippen molar-refractivity contribution >= 4 is 0 Å². The molecular weight excluding hydrogens is 234 g/mol. The van der Waals surface area contributed by atoms with Gasteiger partial charge >= 0.3 is 0 Å². The van der Waals surface area contributed by atoms with Crippen molar-refractivity contribution in [2.75, 3.05) is 6.61 Å². The molecule has 0 bridgehead atoms. The topological polar surface area (TPSA) is 35.2 Å². The molecule has 2 aromatic rings. The lowest BCUT2D eigenvalue weighted by Crippen LogP contribution is -2.08. The van der Waals surface area contributed by atoms with Crippen LogP contribution in [0.1, 0.15) is 28.7 Å². The Morgan fingerprint density at radius 3 is 2.74 bits per heavy atom. The van der Waals surface area contributed by atoms with E-state index in [2.05, 4.69) is 42.5 Å². The zero-order chi connectivity index (χ0) is 13.1. The van der Waals surface area contributed by atoms with Gasteiger partial charge in [-0.15, -0.1) is 0 Å². The van der Waals surface area contributed by atoms with Crippen LogP contribution in [0.5, 0.6) is 5.75 Å². The lowest BCUT2D eigenvalue weighted by atomic mass is 9.98. The summed E-state index contributed by atoms with van der Waals surface area (Å²) >= 11 is 0. The van der Waals surface area contributed by atoms with E-state index in [1.165, 1.54) is 22.3 Å². The predicted molar refractivity (Wildman–Crippen MR) is 77.4 cm³/mol. The summed E-state index contributed by atoms with van der Waals surface area (Å²) in [5, 5.41) is 0. The average molecular weight is 253 g/mol. The first-order valence-corrected chi connectivity index (χ1v) is 6.87. The molecule has 0 fully saturated rings. The van der Waals surface area contributed by atoms with E-state index in [1.54, 1.807) is 0 Å². The van der Waals surface area contributed by atoms with E-state index < -0.39 is 0 Å². The molecule has 98 valence electrons.